The average molecular weight is 196 g/mol. The number of aliphatic hydroxyl groups excluding tert-OH is 1. The molecule has 0 aliphatic carbocycles. The van der Waals surface area contributed by atoms with E-state index < -0.39 is 16.5 Å². The third-order valence-electron chi connectivity index (χ3n) is 0.784. The predicted octanol–water partition coefficient (Wildman–Crippen LogP) is -0.169. The second-order valence-electron chi connectivity index (χ2n) is 2.11. The van der Waals surface area contributed by atoms with Gasteiger partial charge in [0.05, 0.1) is 19.3 Å². The smallest absolute Gasteiger partial charge is 0.391 e. The highest BCUT2D eigenvalue weighted by atomic mass is 32.3. The maximum atomic E-state index is 10.7. The summed E-state index contributed by atoms with van der Waals surface area (Å²) in [4.78, 5) is 0. The Morgan fingerprint density at radius 2 is 2.17 bits per heavy atom. The maximum Gasteiger partial charge on any atom is 0.400 e. The van der Waals surface area contributed by atoms with Crippen molar-refractivity contribution in [2.45, 2.75) is 13.0 Å². The normalized spacial score (nSPS) is 14.2. The van der Waals surface area contributed by atoms with Crippen molar-refractivity contribution < 1.29 is 21.9 Å². The van der Waals surface area contributed by atoms with Crippen LogP contribution in [0.2, 0.25) is 0 Å². The Morgan fingerprint density at radius 3 is 2.58 bits per heavy atom. The van der Waals surface area contributed by atoms with Crippen molar-refractivity contribution >= 4 is 10.4 Å². The van der Waals surface area contributed by atoms with Gasteiger partial charge in [-0.2, -0.15) is 8.42 Å². The van der Waals surface area contributed by atoms with E-state index in [-0.39, 0.29) is 13.2 Å². The minimum atomic E-state index is -3.97. The first-order chi connectivity index (χ1) is 5.48. The van der Waals surface area contributed by atoms with Gasteiger partial charge in [0.25, 0.3) is 0 Å². The molecule has 6 heteroatoms. The number of aliphatic hydroxyl groups is 1. The molecule has 0 aromatic heterocycles. The zero-order valence-corrected chi connectivity index (χ0v) is 7.58. The Labute approximate surface area is 71.9 Å². The quantitative estimate of drug-likeness (QED) is 0.597. The standard InChI is InChI=1S/C6H12O5S/c1-3-4-10-12(8,9)11-5-6(2)7/h3,6-7H,1,4-5H2,2H3. The van der Waals surface area contributed by atoms with Crippen LogP contribution in [0.5, 0.6) is 0 Å². The Balaban J connectivity index is 3.80. The molecule has 0 aromatic rings. The molecule has 1 unspecified atom stereocenters. The van der Waals surface area contributed by atoms with Gasteiger partial charge in [0.1, 0.15) is 0 Å². The summed E-state index contributed by atoms with van der Waals surface area (Å²) in [6.07, 6.45) is 0.440. The van der Waals surface area contributed by atoms with Crippen LogP contribution in [0.15, 0.2) is 12.7 Å². The molecule has 5 nitrogen and oxygen atoms in total. The summed E-state index contributed by atoms with van der Waals surface area (Å²) in [5, 5.41) is 8.68. The van der Waals surface area contributed by atoms with E-state index in [0.29, 0.717) is 0 Å². The summed E-state index contributed by atoms with van der Waals surface area (Å²) < 4.78 is 29.9. The van der Waals surface area contributed by atoms with Crippen molar-refractivity contribution in [2.75, 3.05) is 13.2 Å². The molecule has 0 aromatic carbocycles. The van der Waals surface area contributed by atoms with E-state index >= 15 is 0 Å². The van der Waals surface area contributed by atoms with Crippen LogP contribution < -0.4 is 0 Å². The molecule has 0 bridgehead atoms. The summed E-state index contributed by atoms with van der Waals surface area (Å²) >= 11 is 0. The Bertz CT molecular complexity index is 218. The molecule has 1 atom stereocenters. The van der Waals surface area contributed by atoms with Gasteiger partial charge in [0.2, 0.25) is 0 Å². The minimum absolute atomic E-state index is 0.137. The SMILES string of the molecule is C=CCOS(=O)(=O)OCC(C)O. The fraction of sp³-hybridized carbons (Fsp3) is 0.667. The molecule has 0 spiro atoms. The molecule has 0 aliphatic rings. The summed E-state index contributed by atoms with van der Waals surface area (Å²) in [7, 11) is -3.97. The van der Waals surface area contributed by atoms with Crippen molar-refractivity contribution in [1.29, 1.82) is 0 Å². The molecular weight excluding hydrogens is 184 g/mol. The molecule has 0 saturated carbocycles. The lowest BCUT2D eigenvalue weighted by Crippen LogP contribution is -2.17. The molecule has 0 aliphatic heterocycles. The van der Waals surface area contributed by atoms with Gasteiger partial charge in [-0.1, -0.05) is 6.08 Å². The highest BCUT2D eigenvalue weighted by Crippen LogP contribution is 1.97. The summed E-state index contributed by atoms with van der Waals surface area (Å²) in [6, 6.07) is 0. The van der Waals surface area contributed by atoms with E-state index in [1.165, 1.54) is 13.0 Å². The third-order valence-corrected chi connectivity index (χ3v) is 1.63. The van der Waals surface area contributed by atoms with Gasteiger partial charge in [-0.05, 0) is 6.92 Å². The largest absolute Gasteiger partial charge is 0.400 e. The number of hydrogen-bond donors (Lipinski definition) is 1. The molecule has 72 valence electrons. The van der Waals surface area contributed by atoms with E-state index in [2.05, 4.69) is 14.9 Å². The van der Waals surface area contributed by atoms with Gasteiger partial charge >= 0.3 is 10.4 Å². The van der Waals surface area contributed by atoms with Gasteiger partial charge in [-0.3, -0.25) is 0 Å². The minimum Gasteiger partial charge on any atom is -0.391 e. The van der Waals surface area contributed by atoms with Gasteiger partial charge in [-0.25, -0.2) is 8.37 Å². The summed E-state index contributed by atoms with van der Waals surface area (Å²) in [6.45, 7) is 4.23. The van der Waals surface area contributed by atoms with Crippen molar-refractivity contribution in [3.63, 3.8) is 0 Å². The topological polar surface area (TPSA) is 72.8 Å². The van der Waals surface area contributed by atoms with E-state index in [1.807, 2.05) is 0 Å². The maximum absolute atomic E-state index is 10.7. The van der Waals surface area contributed by atoms with E-state index in [0.717, 1.165) is 0 Å². The average Bonchev–Trinajstić information content (AvgIpc) is 1.98. The monoisotopic (exact) mass is 196 g/mol. The van der Waals surface area contributed by atoms with Crippen LogP contribution in [0.25, 0.3) is 0 Å². The molecule has 0 radical (unpaired) electrons. The lowest BCUT2D eigenvalue weighted by atomic mass is 10.5. The molecular formula is C6H12O5S. The van der Waals surface area contributed by atoms with Crippen molar-refractivity contribution in [3.8, 4) is 0 Å². The Hall–Kier alpha value is -0.430. The fourth-order valence-electron chi connectivity index (χ4n) is 0.347. The Morgan fingerprint density at radius 1 is 1.58 bits per heavy atom. The van der Waals surface area contributed by atoms with Crippen LogP contribution in [0.4, 0.5) is 0 Å². The summed E-state index contributed by atoms with van der Waals surface area (Å²) in [5.41, 5.74) is 0. The summed E-state index contributed by atoms with van der Waals surface area (Å²) in [5.74, 6) is 0. The Kier molecular flexibility index (Phi) is 5.07. The van der Waals surface area contributed by atoms with Crippen molar-refractivity contribution in [3.05, 3.63) is 12.7 Å². The van der Waals surface area contributed by atoms with Gasteiger partial charge in [0, 0.05) is 0 Å². The van der Waals surface area contributed by atoms with Gasteiger partial charge in [-0.15, -0.1) is 6.58 Å². The molecule has 12 heavy (non-hydrogen) atoms. The number of rotatable bonds is 6. The first-order valence-electron chi connectivity index (χ1n) is 3.30. The van der Waals surface area contributed by atoms with Crippen LogP contribution in [0.3, 0.4) is 0 Å². The second-order valence-corrected chi connectivity index (χ2v) is 3.40. The third kappa shape index (κ3) is 6.29. The molecule has 1 N–H and O–H groups in total. The zero-order valence-electron chi connectivity index (χ0n) is 6.76. The molecule has 0 saturated heterocycles. The van der Waals surface area contributed by atoms with Crippen molar-refractivity contribution in [2.24, 2.45) is 0 Å². The molecule has 0 rings (SSSR count). The zero-order chi connectivity index (χ0) is 9.61. The fourth-order valence-corrected chi connectivity index (χ4v) is 1.04. The molecule has 0 heterocycles. The van der Waals surface area contributed by atoms with Crippen LogP contribution in [-0.2, 0) is 18.8 Å². The lowest BCUT2D eigenvalue weighted by molar-refractivity contribution is 0.111. The first-order valence-corrected chi connectivity index (χ1v) is 4.64. The molecule has 0 amide bonds. The van der Waals surface area contributed by atoms with E-state index in [4.69, 9.17) is 5.11 Å². The first kappa shape index (κ1) is 11.6. The van der Waals surface area contributed by atoms with Crippen LogP contribution in [0.1, 0.15) is 6.92 Å². The van der Waals surface area contributed by atoms with Crippen LogP contribution >= 0.6 is 0 Å². The predicted molar refractivity (Wildman–Crippen MR) is 42.7 cm³/mol. The van der Waals surface area contributed by atoms with Gasteiger partial charge < -0.3 is 5.11 Å². The lowest BCUT2D eigenvalue weighted by Gasteiger charge is -2.05. The second kappa shape index (κ2) is 5.26. The molecule has 0 fully saturated rings. The highest BCUT2D eigenvalue weighted by molar-refractivity contribution is 7.81. The van der Waals surface area contributed by atoms with E-state index in [1.54, 1.807) is 0 Å². The van der Waals surface area contributed by atoms with Crippen molar-refractivity contribution in [1.82, 2.24) is 0 Å². The highest BCUT2D eigenvalue weighted by Gasteiger charge is 2.11. The van der Waals surface area contributed by atoms with Crippen LogP contribution in [0, 0.1) is 0 Å². The van der Waals surface area contributed by atoms with Crippen LogP contribution in [-0.4, -0.2) is 32.8 Å². The van der Waals surface area contributed by atoms with Gasteiger partial charge in [0.15, 0.2) is 0 Å². The number of hydrogen-bond acceptors (Lipinski definition) is 5. The van der Waals surface area contributed by atoms with E-state index in [9.17, 15) is 8.42 Å².